The lowest BCUT2D eigenvalue weighted by atomic mass is 9.94. The van der Waals surface area contributed by atoms with Gasteiger partial charge in [-0.15, -0.1) is 0 Å². The van der Waals surface area contributed by atoms with Crippen molar-refractivity contribution in [3.63, 3.8) is 0 Å². The van der Waals surface area contributed by atoms with E-state index in [4.69, 9.17) is 16.3 Å². The van der Waals surface area contributed by atoms with Crippen LogP contribution in [0.15, 0.2) is 59.8 Å². The predicted octanol–water partition coefficient (Wildman–Crippen LogP) is 3.84. The molecule has 10 heteroatoms. The summed E-state index contributed by atoms with van der Waals surface area (Å²) in [5.74, 6) is -1.21. The molecule has 2 aromatic carbocycles. The molecule has 37 heavy (non-hydrogen) atoms. The second kappa shape index (κ2) is 11.3. The van der Waals surface area contributed by atoms with Gasteiger partial charge < -0.3 is 15.0 Å². The number of piperazine rings is 1. The van der Waals surface area contributed by atoms with Crippen LogP contribution in [0.2, 0.25) is 5.02 Å². The van der Waals surface area contributed by atoms with E-state index in [1.54, 1.807) is 49.2 Å². The van der Waals surface area contributed by atoms with Gasteiger partial charge in [0.1, 0.15) is 5.82 Å². The van der Waals surface area contributed by atoms with Crippen LogP contribution in [0.4, 0.5) is 9.18 Å². The molecule has 0 radical (unpaired) electrons. The van der Waals surface area contributed by atoms with Gasteiger partial charge in [0.2, 0.25) is 0 Å². The third kappa shape index (κ3) is 5.62. The number of nitrogens with one attached hydrogen (secondary N) is 1. The molecule has 2 heterocycles. The molecule has 0 spiro atoms. The topological polar surface area (TPSA) is 82.2 Å². The molecule has 0 aliphatic carbocycles. The number of amides is 3. The molecule has 3 amide bonds. The Bertz CT molecular complexity index is 1240. The molecule has 0 saturated carbocycles. The first-order valence-electron chi connectivity index (χ1n) is 12.2. The third-order valence-corrected chi connectivity index (χ3v) is 7.05. The first-order chi connectivity index (χ1) is 17.7. The number of nitrogens with zero attached hydrogens (tertiary/aromatic N) is 3. The fraction of sp³-hybridized carbons (Fsp3) is 0.370. The van der Waals surface area contributed by atoms with Crippen molar-refractivity contribution in [3.05, 3.63) is 81.8 Å². The van der Waals surface area contributed by atoms with Crippen LogP contribution >= 0.6 is 11.6 Å². The van der Waals surface area contributed by atoms with Crippen LogP contribution in [0.3, 0.4) is 0 Å². The highest BCUT2D eigenvalue weighted by molar-refractivity contribution is 6.31. The van der Waals surface area contributed by atoms with E-state index in [1.165, 1.54) is 23.1 Å². The lowest BCUT2D eigenvalue weighted by molar-refractivity contribution is -0.139. The van der Waals surface area contributed by atoms with Gasteiger partial charge >= 0.3 is 12.0 Å². The van der Waals surface area contributed by atoms with Crippen molar-refractivity contribution in [1.82, 2.24) is 20.0 Å². The predicted molar refractivity (Wildman–Crippen MR) is 137 cm³/mol. The van der Waals surface area contributed by atoms with E-state index in [0.717, 1.165) is 0 Å². The molecule has 2 aliphatic rings. The zero-order chi connectivity index (χ0) is 26.7. The summed E-state index contributed by atoms with van der Waals surface area (Å²) in [5, 5.41) is 3.30. The highest BCUT2D eigenvalue weighted by Crippen LogP contribution is 2.35. The van der Waals surface area contributed by atoms with E-state index >= 15 is 0 Å². The monoisotopic (exact) mass is 528 g/mol. The molecule has 0 aromatic heterocycles. The number of ether oxygens (including phenoxy) is 1. The van der Waals surface area contributed by atoms with Crippen LogP contribution < -0.4 is 5.32 Å². The SMILES string of the molecule is CCOC(=O)C1=C(CN2CCN(C(=O)c3cccc(F)c3)C(C)C2)N(C)C(=O)NC1c1ccccc1Cl. The lowest BCUT2D eigenvalue weighted by Gasteiger charge is -2.42. The Morgan fingerprint density at radius 1 is 1.16 bits per heavy atom. The van der Waals surface area contributed by atoms with Gasteiger partial charge in [0.25, 0.3) is 5.91 Å². The fourth-order valence-corrected chi connectivity index (χ4v) is 5.06. The zero-order valence-electron chi connectivity index (χ0n) is 21.0. The second-order valence-electron chi connectivity index (χ2n) is 9.14. The Kier molecular flexibility index (Phi) is 8.14. The molecule has 2 atom stereocenters. The zero-order valence-corrected chi connectivity index (χ0v) is 21.8. The van der Waals surface area contributed by atoms with Crippen molar-refractivity contribution < 1.29 is 23.5 Å². The quantitative estimate of drug-likeness (QED) is 0.576. The molecule has 4 rings (SSSR count). The molecule has 0 bridgehead atoms. The van der Waals surface area contributed by atoms with Gasteiger partial charge in [0.15, 0.2) is 0 Å². The van der Waals surface area contributed by atoms with Crippen LogP contribution in [0.5, 0.6) is 0 Å². The molecule has 1 fully saturated rings. The fourth-order valence-electron chi connectivity index (χ4n) is 4.82. The molecular weight excluding hydrogens is 499 g/mol. The first-order valence-corrected chi connectivity index (χ1v) is 12.6. The number of halogens is 2. The Morgan fingerprint density at radius 3 is 2.59 bits per heavy atom. The summed E-state index contributed by atoms with van der Waals surface area (Å²) in [6.07, 6.45) is 0. The van der Waals surface area contributed by atoms with Crippen LogP contribution in [0.1, 0.15) is 35.8 Å². The van der Waals surface area contributed by atoms with Gasteiger partial charge in [0, 0.05) is 55.6 Å². The van der Waals surface area contributed by atoms with Crippen LogP contribution in [0.25, 0.3) is 0 Å². The Labute approximate surface area is 220 Å². The lowest BCUT2D eigenvalue weighted by Crippen LogP contribution is -2.56. The van der Waals surface area contributed by atoms with E-state index < -0.39 is 17.8 Å². The van der Waals surface area contributed by atoms with Gasteiger partial charge in [-0.1, -0.05) is 35.9 Å². The summed E-state index contributed by atoms with van der Waals surface area (Å²) >= 11 is 6.44. The maximum absolute atomic E-state index is 13.7. The summed E-state index contributed by atoms with van der Waals surface area (Å²) < 4.78 is 19.0. The summed E-state index contributed by atoms with van der Waals surface area (Å²) in [4.78, 5) is 44.4. The van der Waals surface area contributed by atoms with Gasteiger partial charge in [0.05, 0.1) is 18.2 Å². The molecule has 2 aromatic rings. The third-order valence-electron chi connectivity index (χ3n) is 6.71. The summed E-state index contributed by atoms with van der Waals surface area (Å²) in [6.45, 7) is 5.57. The summed E-state index contributed by atoms with van der Waals surface area (Å²) in [7, 11) is 1.61. The molecule has 8 nitrogen and oxygen atoms in total. The van der Waals surface area contributed by atoms with E-state index in [1.807, 2.05) is 6.92 Å². The van der Waals surface area contributed by atoms with Crippen molar-refractivity contribution in [1.29, 1.82) is 0 Å². The smallest absolute Gasteiger partial charge is 0.338 e. The largest absolute Gasteiger partial charge is 0.463 e. The molecule has 2 aliphatic heterocycles. The maximum atomic E-state index is 13.7. The second-order valence-corrected chi connectivity index (χ2v) is 9.54. The van der Waals surface area contributed by atoms with Crippen molar-refractivity contribution in [2.75, 3.05) is 39.8 Å². The molecule has 196 valence electrons. The summed E-state index contributed by atoms with van der Waals surface area (Å²) in [5.41, 5.74) is 1.75. The van der Waals surface area contributed by atoms with E-state index in [0.29, 0.717) is 53.6 Å². The van der Waals surface area contributed by atoms with Crippen LogP contribution in [-0.4, -0.2) is 78.5 Å². The number of hydrogen-bond donors (Lipinski definition) is 1. The standard InChI is InChI=1S/C27H30ClFN4O4/c1-4-37-26(35)23-22(31(3)27(36)30-24(23)20-10-5-6-11-21(20)28)16-32-12-13-33(17(2)15-32)25(34)18-8-7-9-19(29)14-18/h5-11,14,17,24H,4,12-13,15-16H2,1-3H3,(H,30,36). The molecule has 2 unspecified atom stereocenters. The minimum Gasteiger partial charge on any atom is -0.463 e. The molecule has 1 saturated heterocycles. The van der Waals surface area contributed by atoms with Crippen molar-refractivity contribution >= 4 is 29.5 Å². The minimum absolute atomic E-state index is 0.168. The molecular formula is C27H30ClFN4O4. The van der Waals surface area contributed by atoms with E-state index in [9.17, 15) is 18.8 Å². The van der Waals surface area contributed by atoms with Crippen LogP contribution in [-0.2, 0) is 9.53 Å². The van der Waals surface area contributed by atoms with Crippen molar-refractivity contribution in [2.45, 2.75) is 25.9 Å². The number of esters is 1. The average molecular weight is 529 g/mol. The highest BCUT2D eigenvalue weighted by atomic mass is 35.5. The van der Waals surface area contributed by atoms with Gasteiger partial charge in [-0.05, 0) is 43.7 Å². The van der Waals surface area contributed by atoms with E-state index in [-0.39, 0.29) is 24.6 Å². The first kappa shape index (κ1) is 26.6. The maximum Gasteiger partial charge on any atom is 0.338 e. The Hall–Kier alpha value is -3.43. The number of urea groups is 1. The van der Waals surface area contributed by atoms with Gasteiger partial charge in [-0.2, -0.15) is 0 Å². The van der Waals surface area contributed by atoms with Crippen molar-refractivity contribution in [2.24, 2.45) is 0 Å². The van der Waals surface area contributed by atoms with Crippen LogP contribution in [0, 0.1) is 5.82 Å². The number of likely N-dealkylation sites (N-methyl/N-ethyl adjacent to an activating group) is 1. The highest BCUT2D eigenvalue weighted by Gasteiger charge is 2.39. The summed E-state index contributed by atoms with van der Waals surface area (Å²) in [6, 6.07) is 11.4. The van der Waals surface area contributed by atoms with Gasteiger partial charge in [-0.3, -0.25) is 14.6 Å². The van der Waals surface area contributed by atoms with Gasteiger partial charge in [-0.25, -0.2) is 14.0 Å². The number of benzene rings is 2. The normalized spacial score (nSPS) is 20.6. The Balaban J connectivity index is 1.61. The Morgan fingerprint density at radius 2 is 1.92 bits per heavy atom. The number of carbonyl (C=O) groups is 3. The number of rotatable bonds is 6. The van der Waals surface area contributed by atoms with E-state index in [2.05, 4.69) is 10.2 Å². The average Bonchev–Trinajstić information content (AvgIpc) is 2.87. The number of hydrogen-bond acceptors (Lipinski definition) is 5. The minimum atomic E-state index is -0.764. The molecule has 1 N–H and O–H groups in total. The van der Waals surface area contributed by atoms with Crippen molar-refractivity contribution in [3.8, 4) is 0 Å². The number of carbonyl (C=O) groups excluding carboxylic acids is 3.